The Morgan fingerprint density at radius 2 is 2.29 bits per heavy atom. The Bertz CT molecular complexity index is 378. The van der Waals surface area contributed by atoms with E-state index in [1.54, 1.807) is 12.1 Å². The molecule has 1 aromatic carbocycles. The summed E-state index contributed by atoms with van der Waals surface area (Å²) in [6, 6.07) is 5.67. The molecule has 94 valence electrons. The quantitative estimate of drug-likeness (QED) is 0.863. The van der Waals surface area contributed by atoms with Crippen LogP contribution >= 0.6 is 0 Å². The predicted octanol–water partition coefficient (Wildman–Crippen LogP) is 1.97. The molecule has 1 atom stereocenters. The molecule has 0 aliphatic carbocycles. The first-order chi connectivity index (χ1) is 8.15. The van der Waals surface area contributed by atoms with Gasteiger partial charge in [-0.2, -0.15) is 0 Å². The van der Waals surface area contributed by atoms with E-state index in [1.807, 2.05) is 13.0 Å². The molecule has 2 nitrogen and oxygen atoms in total. The van der Waals surface area contributed by atoms with Crippen molar-refractivity contribution in [1.29, 1.82) is 0 Å². The summed E-state index contributed by atoms with van der Waals surface area (Å²) in [4.78, 5) is 2.48. The molecule has 0 radical (unpaired) electrons. The molecule has 2 rings (SSSR count). The molecule has 1 fully saturated rings. The first-order valence-electron chi connectivity index (χ1n) is 6.36. The van der Waals surface area contributed by atoms with Crippen LogP contribution in [0.3, 0.4) is 0 Å². The molecule has 3 heteroatoms. The van der Waals surface area contributed by atoms with E-state index >= 15 is 0 Å². The molecule has 0 amide bonds. The molecule has 1 saturated heterocycles. The number of halogens is 1. The van der Waals surface area contributed by atoms with Gasteiger partial charge in [-0.25, -0.2) is 4.39 Å². The lowest BCUT2D eigenvalue weighted by atomic mass is 10.1. The fourth-order valence-electron chi connectivity index (χ4n) is 2.43. The Balaban J connectivity index is 1.88. The molecule has 0 aromatic heterocycles. The number of benzene rings is 1. The van der Waals surface area contributed by atoms with Gasteiger partial charge in [0.2, 0.25) is 0 Å². The van der Waals surface area contributed by atoms with E-state index in [1.165, 1.54) is 5.56 Å². The van der Waals surface area contributed by atoms with Gasteiger partial charge < -0.3 is 10.2 Å². The van der Waals surface area contributed by atoms with Gasteiger partial charge >= 0.3 is 0 Å². The molecule has 1 aliphatic heterocycles. The summed E-state index contributed by atoms with van der Waals surface area (Å²) in [5, 5.41) is 3.44. The SMILES string of the molecule is Cc1cc(F)ccc1CCN1CCNC(C)C1. The van der Waals surface area contributed by atoms with Crippen molar-refractivity contribution in [1.82, 2.24) is 10.2 Å². The fraction of sp³-hybridized carbons (Fsp3) is 0.571. The van der Waals surface area contributed by atoms with Gasteiger partial charge in [0.25, 0.3) is 0 Å². The Morgan fingerprint density at radius 3 is 3.00 bits per heavy atom. The van der Waals surface area contributed by atoms with Crippen molar-refractivity contribution in [3.05, 3.63) is 35.1 Å². The second-order valence-corrected chi connectivity index (χ2v) is 4.98. The number of hydrogen-bond acceptors (Lipinski definition) is 2. The minimum atomic E-state index is -0.137. The Hall–Kier alpha value is -0.930. The van der Waals surface area contributed by atoms with Gasteiger partial charge in [-0.3, -0.25) is 0 Å². The smallest absolute Gasteiger partial charge is 0.123 e. The van der Waals surface area contributed by atoms with Crippen LogP contribution < -0.4 is 5.32 Å². The van der Waals surface area contributed by atoms with Crippen LogP contribution in [-0.4, -0.2) is 37.1 Å². The molecule has 1 aromatic rings. The Labute approximate surface area is 103 Å². The molecule has 0 saturated carbocycles. The van der Waals surface area contributed by atoms with Gasteiger partial charge in [-0.05, 0) is 43.5 Å². The topological polar surface area (TPSA) is 15.3 Å². The van der Waals surface area contributed by atoms with E-state index < -0.39 is 0 Å². The summed E-state index contributed by atoms with van der Waals surface area (Å²) in [5.74, 6) is -0.137. The third kappa shape index (κ3) is 3.51. The molecule has 17 heavy (non-hydrogen) atoms. The molecule has 1 unspecified atom stereocenters. The number of rotatable bonds is 3. The van der Waals surface area contributed by atoms with Gasteiger partial charge in [0.1, 0.15) is 5.82 Å². The number of nitrogens with zero attached hydrogens (tertiary/aromatic N) is 1. The maximum Gasteiger partial charge on any atom is 0.123 e. The first kappa shape index (κ1) is 12.5. The third-order valence-corrected chi connectivity index (χ3v) is 3.45. The fourth-order valence-corrected chi connectivity index (χ4v) is 2.43. The van der Waals surface area contributed by atoms with Crippen molar-refractivity contribution in [2.45, 2.75) is 26.3 Å². The van der Waals surface area contributed by atoms with Crippen LogP contribution in [0.5, 0.6) is 0 Å². The van der Waals surface area contributed by atoms with Gasteiger partial charge in [0.05, 0.1) is 0 Å². The van der Waals surface area contributed by atoms with Crippen molar-refractivity contribution in [3.8, 4) is 0 Å². The van der Waals surface area contributed by atoms with Crippen molar-refractivity contribution >= 4 is 0 Å². The van der Waals surface area contributed by atoms with E-state index in [0.29, 0.717) is 6.04 Å². The van der Waals surface area contributed by atoms with E-state index in [9.17, 15) is 4.39 Å². The van der Waals surface area contributed by atoms with Crippen LogP contribution in [0.15, 0.2) is 18.2 Å². The highest BCUT2D eigenvalue weighted by Gasteiger charge is 2.15. The molecular formula is C14H21FN2. The minimum Gasteiger partial charge on any atom is -0.312 e. The van der Waals surface area contributed by atoms with Gasteiger partial charge in [0.15, 0.2) is 0 Å². The van der Waals surface area contributed by atoms with E-state index in [0.717, 1.165) is 38.2 Å². The van der Waals surface area contributed by atoms with Crippen molar-refractivity contribution < 1.29 is 4.39 Å². The lowest BCUT2D eigenvalue weighted by molar-refractivity contribution is 0.209. The second-order valence-electron chi connectivity index (χ2n) is 4.98. The number of hydrogen-bond donors (Lipinski definition) is 1. The van der Waals surface area contributed by atoms with Crippen molar-refractivity contribution in [2.24, 2.45) is 0 Å². The van der Waals surface area contributed by atoms with Crippen LogP contribution in [-0.2, 0) is 6.42 Å². The Kier molecular flexibility index (Phi) is 4.13. The standard InChI is InChI=1S/C14H21FN2/c1-11-9-14(15)4-3-13(11)5-7-17-8-6-16-12(2)10-17/h3-4,9,12,16H,5-8,10H2,1-2H3. The third-order valence-electron chi connectivity index (χ3n) is 3.45. The molecular weight excluding hydrogens is 215 g/mol. The van der Waals surface area contributed by atoms with Gasteiger partial charge in [-0.15, -0.1) is 0 Å². The monoisotopic (exact) mass is 236 g/mol. The number of nitrogens with one attached hydrogen (secondary N) is 1. The summed E-state index contributed by atoms with van der Waals surface area (Å²) < 4.78 is 13.0. The summed E-state index contributed by atoms with van der Waals surface area (Å²) in [5.41, 5.74) is 2.32. The summed E-state index contributed by atoms with van der Waals surface area (Å²) >= 11 is 0. The zero-order valence-electron chi connectivity index (χ0n) is 10.7. The number of aryl methyl sites for hydroxylation is 1. The zero-order chi connectivity index (χ0) is 12.3. The highest BCUT2D eigenvalue weighted by atomic mass is 19.1. The van der Waals surface area contributed by atoms with Gasteiger partial charge in [0, 0.05) is 32.2 Å². The molecule has 0 spiro atoms. The summed E-state index contributed by atoms with van der Waals surface area (Å²) in [6.45, 7) is 8.57. The lowest BCUT2D eigenvalue weighted by Gasteiger charge is -2.31. The largest absolute Gasteiger partial charge is 0.312 e. The molecule has 1 N–H and O–H groups in total. The average molecular weight is 236 g/mol. The normalized spacial score (nSPS) is 21.7. The van der Waals surface area contributed by atoms with E-state index in [4.69, 9.17) is 0 Å². The second kappa shape index (κ2) is 5.61. The van der Waals surface area contributed by atoms with Crippen LogP contribution in [0.1, 0.15) is 18.1 Å². The zero-order valence-corrected chi connectivity index (χ0v) is 10.7. The maximum absolute atomic E-state index is 13.0. The first-order valence-corrected chi connectivity index (χ1v) is 6.36. The van der Waals surface area contributed by atoms with Crippen LogP contribution in [0.4, 0.5) is 4.39 Å². The van der Waals surface area contributed by atoms with E-state index in [-0.39, 0.29) is 5.82 Å². The predicted molar refractivity (Wildman–Crippen MR) is 68.7 cm³/mol. The van der Waals surface area contributed by atoms with Crippen LogP contribution in [0.2, 0.25) is 0 Å². The van der Waals surface area contributed by atoms with Crippen LogP contribution in [0, 0.1) is 12.7 Å². The lowest BCUT2D eigenvalue weighted by Crippen LogP contribution is -2.49. The van der Waals surface area contributed by atoms with Crippen LogP contribution in [0.25, 0.3) is 0 Å². The highest BCUT2D eigenvalue weighted by molar-refractivity contribution is 5.26. The summed E-state index contributed by atoms with van der Waals surface area (Å²) in [6.07, 6.45) is 1.01. The summed E-state index contributed by atoms with van der Waals surface area (Å²) in [7, 11) is 0. The maximum atomic E-state index is 13.0. The van der Waals surface area contributed by atoms with Gasteiger partial charge in [-0.1, -0.05) is 6.07 Å². The average Bonchev–Trinajstić information content (AvgIpc) is 2.28. The minimum absolute atomic E-state index is 0.137. The Morgan fingerprint density at radius 1 is 1.47 bits per heavy atom. The molecule has 0 bridgehead atoms. The van der Waals surface area contributed by atoms with Crippen molar-refractivity contribution in [2.75, 3.05) is 26.2 Å². The number of piperazine rings is 1. The molecule has 1 heterocycles. The van der Waals surface area contributed by atoms with E-state index in [2.05, 4.69) is 17.1 Å². The molecule has 1 aliphatic rings. The highest BCUT2D eigenvalue weighted by Crippen LogP contribution is 2.11. The van der Waals surface area contributed by atoms with Crippen molar-refractivity contribution in [3.63, 3.8) is 0 Å².